The Balaban J connectivity index is 1.83. The minimum absolute atomic E-state index is 0.0937. The minimum Gasteiger partial charge on any atom is -0.489 e. The number of carbonyl (C=O) groups is 1. The van der Waals surface area contributed by atoms with Crippen molar-refractivity contribution in [3.05, 3.63) is 28.2 Å². The van der Waals surface area contributed by atoms with E-state index >= 15 is 0 Å². The summed E-state index contributed by atoms with van der Waals surface area (Å²) in [6.07, 6.45) is 5.06. The van der Waals surface area contributed by atoms with Gasteiger partial charge in [0.05, 0.1) is 5.41 Å². The molecule has 2 saturated carbocycles. The SMILES string of the molecule is CC(C)c1cc(Br)ccc1OC1CC(=O)C12CCCC2. The standard InChI is InChI=1S/C17H21BrO2/c1-11(2)13-9-12(18)5-6-14(13)20-16-10-15(19)17(16)7-3-4-8-17/h5-6,9,11,16H,3-4,7-8,10H2,1-2H3. The first kappa shape index (κ1) is 14.1. The third-order valence-corrected chi connectivity index (χ3v) is 5.39. The lowest BCUT2D eigenvalue weighted by atomic mass is 9.63. The predicted octanol–water partition coefficient (Wildman–Crippen LogP) is 4.85. The van der Waals surface area contributed by atoms with Crippen LogP contribution < -0.4 is 4.74 Å². The fourth-order valence-corrected chi connectivity index (χ4v) is 3.99. The number of ether oxygens (including phenoxy) is 1. The second-order valence-electron chi connectivity index (χ2n) is 6.43. The maximum absolute atomic E-state index is 12.0. The highest BCUT2D eigenvalue weighted by Gasteiger charge is 2.57. The summed E-state index contributed by atoms with van der Waals surface area (Å²) < 4.78 is 7.34. The van der Waals surface area contributed by atoms with Crippen LogP contribution >= 0.6 is 15.9 Å². The van der Waals surface area contributed by atoms with E-state index in [0.717, 1.165) is 23.1 Å². The molecule has 0 bridgehead atoms. The molecule has 2 aliphatic rings. The molecule has 20 heavy (non-hydrogen) atoms. The molecule has 0 heterocycles. The number of benzene rings is 1. The Bertz CT molecular complexity index is 530. The number of hydrogen-bond donors (Lipinski definition) is 0. The van der Waals surface area contributed by atoms with E-state index in [4.69, 9.17) is 4.74 Å². The average molecular weight is 337 g/mol. The molecule has 1 unspecified atom stereocenters. The van der Waals surface area contributed by atoms with Crippen LogP contribution in [0.15, 0.2) is 22.7 Å². The first-order chi connectivity index (χ1) is 9.53. The molecule has 0 amide bonds. The van der Waals surface area contributed by atoms with E-state index in [1.165, 1.54) is 18.4 Å². The number of carbonyl (C=O) groups excluding carboxylic acids is 1. The molecule has 0 aromatic heterocycles. The van der Waals surface area contributed by atoms with Crippen LogP contribution in [-0.4, -0.2) is 11.9 Å². The van der Waals surface area contributed by atoms with E-state index in [-0.39, 0.29) is 11.5 Å². The third kappa shape index (κ3) is 2.20. The molecule has 0 N–H and O–H groups in total. The van der Waals surface area contributed by atoms with Gasteiger partial charge >= 0.3 is 0 Å². The molecule has 1 aromatic rings. The number of halogens is 1. The number of ketones is 1. The Hall–Kier alpha value is -0.830. The quantitative estimate of drug-likeness (QED) is 0.788. The monoisotopic (exact) mass is 336 g/mol. The van der Waals surface area contributed by atoms with E-state index in [1.807, 2.05) is 12.1 Å². The smallest absolute Gasteiger partial charge is 0.146 e. The summed E-state index contributed by atoms with van der Waals surface area (Å²) in [6.45, 7) is 4.35. The van der Waals surface area contributed by atoms with Crippen LogP contribution in [0.25, 0.3) is 0 Å². The molecule has 0 saturated heterocycles. The Morgan fingerprint density at radius 1 is 1.30 bits per heavy atom. The zero-order chi connectivity index (χ0) is 14.3. The van der Waals surface area contributed by atoms with Crippen LogP contribution in [0.4, 0.5) is 0 Å². The molecule has 3 heteroatoms. The van der Waals surface area contributed by atoms with Crippen LogP contribution in [0.2, 0.25) is 0 Å². The number of Topliss-reactive ketones (excluding diaryl/α,β-unsaturated/α-hetero) is 1. The first-order valence-corrected chi connectivity index (χ1v) is 8.31. The molecule has 3 rings (SSSR count). The van der Waals surface area contributed by atoms with Crippen molar-refractivity contribution in [1.29, 1.82) is 0 Å². The molecule has 0 radical (unpaired) electrons. The largest absolute Gasteiger partial charge is 0.489 e. The second-order valence-corrected chi connectivity index (χ2v) is 7.35. The van der Waals surface area contributed by atoms with Gasteiger partial charge in [0.25, 0.3) is 0 Å². The number of hydrogen-bond acceptors (Lipinski definition) is 2. The summed E-state index contributed by atoms with van der Waals surface area (Å²) in [5.41, 5.74) is 1.06. The van der Waals surface area contributed by atoms with Gasteiger partial charge in [-0.05, 0) is 42.5 Å². The first-order valence-electron chi connectivity index (χ1n) is 7.52. The maximum Gasteiger partial charge on any atom is 0.146 e. The van der Waals surface area contributed by atoms with Gasteiger partial charge in [-0.2, -0.15) is 0 Å². The van der Waals surface area contributed by atoms with Crippen molar-refractivity contribution in [3.63, 3.8) is 0 Å². The molecule has 2 aliphatic carbocycles. The highest BCUT2D eigenvalue weighted by Crippen LogP contribution is 2.52. The Labute approximate surface area is 129 Å². The summed E-state index contributed by atoms with van der Waals surface area (Å²) in [5, 5.41) is 0. The van der Waals surface area contributed by atoms with Gasteiger partial charge in [-0.25, -0.2) is 0 Å². The number of rotatable bonds is 3. The maximum atomic E-state index is 12.0. The molecule has 2 nitrogen and oxygen atoms in total. The highest BCUT2D eigenvalue weighted by molar-refractivity contribution is 9.10. The van der Waals surface area contributed by atoms with E-state index < -0.39 is 0 Å². The molecule has 1 spiro atoms. The molecule has 1 atom stereocenters. The van der Waals surface area contributed by atoms with Gasteiger partial charge < -0.3 is 4.74 Å². The Morgan fingerprint density at radius 2 is 2.00 bits per heavy atom. The van der Waals surface area contributed by atoms with Gasteiger partial charge in [-0.1, -0.05) is 42.6 Å². The van der Waals surface area contributed by atoms with Gasteiger partial charge in [0.1, 0.15) is 17.6 Å². The summed E-state index contributed by atoms with van der Waals surface area (Å²) in [6, 6.07) is 6.18. The average Bonchev–Trinajstić information content (AvgIpc) is 2.92. The zero-order valence-corrected chi connectivity index (χ0v) is 13.7. The van der Waals surface area contributed by atoms with Gasteiger partial charge in [0.2, 0.25) is 0 Å². The summed E-state index contributed by atoms with van der Waals surface area (Å²) in [7, 11) is 0. The minimum atomic E-state index is -0.151. The molecular formula is C17H21BrO2. The van der Waals surface area contributed by atoms with Crippen LogP contribution in [0.1, 0.15) is 57.4 Å². The topological polar surface area (TPSA) is 26.3 Å². The van der Waals surface area contributed by atoms with Crippen molar-refractivity contribution in [2.24, 2.45) is 5.41 Å². The van der Waals surface area contributed by atoms with Crippen molar-refractivity contribution >= 4 is 21.7 Å². The summed E-state index contributed by atoms with van der Waals surface area (Å²) in [5.74, 6) is 1.79. The highest BCUT2D eigenvalue weighted by atomic mass is 79.9. The molecule has 1 aromatic carbocycles. The lowest BCUT2D eigenvalue weighted by Gasteiger charge is -2.45. The van der Waals surface area contributed by atoms with Gasteiger partial charge in [0.15, 0.2) is 0 Å². The third-order valence-electron chi connectivity index (χ3n) is 4.90. The van der Waals surface area contributed by atoms with Crippen molar-refractivity contribution in [1.82, 2.24) is 0 Å². The Morgan fingerprint density at radius 3 is 2.60 bits per heavy atom. The van der Waals surface area contributed by atoms with Crippen molar-refractivity contribution in [3.8, 4) is 5.75 Å². The fourth-order valence-electron chi connectivity index (χ4n) is 3.61. The van der Waals surface area contributed by atoms with Crippen molar-refractivity contribution < 1.29 is 9.53 Å². The molecule has 108 valence electrons. The lowest BCUT2D eigenvalue weighted by molar-refractivity contribution is -0.151. The summed E-state index contributed by atoms with van der Waals surface area (Å²) in [4.78, 5) is 12.0. The van der Waals surface area contributed by atoms with Crippen LogP contribution in [0.3, 0.4) is 0 Å². The lowest BCUT2D eigenvalue weighted by Crippen LogP contribution is -2.55. The fraction of sp³-hybridized carbons (Fsp3) is 0.588. The van der Waals surface area contributed by atoms with Gasteiger partial charge in [-0.3, -0.25) is 4.79 Å². The van der Waals surface area contributed by atoms with Gasteiger partial charge in [-0.15, -0.1) is 0 Å². The van der Waals surface area contributed by atoms with E-state index in [2.05, 4.69) is 35.8 Å². The summed E-state index contributed by atoms with van der Waals surface area (Å²) >= 11 is 3.52. The van der Waals surface area contributed by atoms with E-state index in [1.54, 1.807) is 0 Å². The molecule has 2 fully saturated rings. The van der Waals surface area contributed by atoms with E-state index in [9.17, 15) is 4.79 Å². The van der Waals surface area contributed by atoms with Gasteiger partial charge in [0, 0.05) is 10.9 Å². The van der Waals surface area contributed by atoms with Crippen LogP contribution in [-0.2, 0) is 4.79 Å². The Kier molecular flexibility index (Phi) is 3.65. The second kappa shape index (κ2) is 5.18. The molecule has 0 aliphatic heterocycles. The van der Waals surface area contributed by atoms with Crippen molar-refractivity contribution in [2.75, 3.05) is 0 Å². The predicted molar refractivity (Wildman–Crippen MR) is 83.2 cm³/mol. The van der Waals surface area contributed by atoms with Crippen LogP contribution in [0.5, 0.6) is 5.75 Å². The molecular weight excluding hydrogens is 316 g/mol. The zero-order valence-electron chi connectivity index (χ0n) is 12.1. The van der Waals surface area contributed by atoms with Crippen LogP contribution in [0, 0.1) is 5.41 Å². The van der Waals surface area contributed by atoms with Crippen molar-refractivity contribution in [2.45, 2.75) is 58.0 Å². The normalized spacial score (nSPS) is 24.2. The van der Waals surface area contributed by atoms with E-state index in [0.29, 0.717) is 18.1 Å².